The normalized spacial score (nSPS) is 10.7. The van der Waals surface area contributed by atoms with Crippen molar-refractivity contribution in [3.63, 3.8) is 0 Å². The van der Waals surface area contributed by atoms with Crippen LogP contribution in [0.25, 0.3) is 11.4 Å². The number of aromatic amines is 1. The lowest BCUT2D eigenvalue weighted by Crippen LogP contribution is -1.86. The van der Waals surface area contributed by atoms with Gasteiger partial charge in [-0.3, -0.25) is 5.10 Å². The van der Waals surface area contributed by atoms with Gasteiger partial charge in [0.25, 0.3) is 0 Å². The molecule has 4 heteroatoms. The number of hydrogen-bond donors (Lipinski definition) is 1. The van der Waals surface area contributed by atoms with E-state index in [9.17, 15) is 0 Å². The highest BCUT2D eigenvalue weighted by molar-refractivity contribution is 9.10. The van der Waals surface area contributed by atoms with Crippen molar-refractivity contribution in [2.75, 3.05) is 0 Å². The lowest BCUT2D eigenvalue weighted by Gasteiger charge is -2.00. The summed E-state index contributed by atoms with van der Waals surface area (Å²) in [6.45, 7) is 4.19. The second-order valence-corrected chi connectivity index (χ2v) is 4.69. The Bertz CT molecular complexity index is 491. The van der Waals surface area contributed by atoms with Crippen molar-refractivity contribution in [2.24, 2.45) is 0 Å². The van der Waals surface area contributed by atoms with Crippen LogP contribution in [0, 0.1) is 6.92 Å². The molecule has 0 aliphatic rings. The third-order valence-corrected chi connectivity index (χ3v) is 3.07. The van der Waals surface area contributed by atoms with Crippen LogP contribution in [-0.2, 0) is 6.42 Å². The lowest BCUT2D eigenvalue weighted by atomic mass is 10.1. The molecule has 0 saturated carbocycles. The van der Waals surface area contributed by atoms with Gasteiger partial charge in [0, 0.05) is 16.5 Å². The molecule has 84 valence electrons. The third-order valence-electron chi connectivity index (χ3n) is 2.38. The van der Waals surface area contributed by atoms with Crippen molar-refractivity contribution in [2.45, 2.75) is 26.7 Å². The molecule has 0 spiro atoms. The largest absolute Gasteiger partial charge is 0.263 e. The van der Waals surface area contributed by atoms with Gasteiger partial charge in [-0.25, -0.2) is 4.98 Å². The van der Waals surface area contributed by atoms with Gasteiger partial charge in [0.1, 0.15) is 5.82 Å². The van der Waals surface area contributed by atoms with E-state index in [1.54, 1.807) is 0 Å². The number of halogens is 1. The fourth-order valence-electron chi connectivity index (χ4n) is 1.57. The van der Waals surface area contributed by atoms with Gasteiger partial charge in [0.15, 0.2) is 5.82 Å². The molecule has 0 aliphatic heterocycles. The summed E-state index contributed by atoms with van der Waals surface area (Å²) in [6.07, 6.45) is 2.01. The van der Waals surface area contributed by atoms with Gasteiger partial charge in [0.2, 0.25) is 0 Å². The third kappa shape index (κ3) is 2.32. The van der Waals surface area contributed by atoms with Crippen LogP contribution < -0.4 is 0 Å². The minimum absolute atomic E-state index is 0.763. The quantitative estimate of drug-likeness (QED) is 0.935. The molecule has 3 nitrogen and oxygen atoms in total. The summed E-state index contributed by atoms with van der Waals surface area (Å²) in [7, 11) is 0. The standard InChI is InChI=1S/C12H14BrN3/c1-3-4-11-14-12(16-15-11)9-7-8(2)5-6-10(9)13/h5-7H,3-4H2,1-2H3,(H,14,15,16). The van der Waals surface area contributed by atoms with Crippen LogP contribution in [0.3, 0.4) is 0 Å². The Labute approximate surface area is 103 Å². The molecule has 0 atom stereocenters. The number of rotatable bonds is 3. The smallest absolute Gasteiger partial charge is 0.182 e. The van der Waals surface area contributed by atoms with Crippen molar-refractivity contribution in [3.8, 4) is 11.4 Å². The summed E-state index contributed by atoms with van der Waals surface area (Å²) in [5, 5.41) is 7.21. The Morgan fingerprint density at radius 2 is 2.19 bits per heavy atom. The summed E-state index contributed by atoms with van der Waals surface area (Å²) >= 11 is 3.52. The predicted molar refractivity (Wildman–Crippen MR) is 68.3 cm³/mol. The maximum absolute atomic E-state index is 4.48. The van der Waals surface area contributed by atoms with Gasteiger partial charge in [-0.1, -0.05) is 34.5 Å². The first kappa shape index (κ1) is 11.3. The first-order valence-corrected chi connectivity index (χ1v) is 6.18. The van der Waals surface area contributed by atoms with Crippen LogP contribution in [0.2, 0.25) is 0 Å². The zero-order valence-electron chi connectivity index (χ0n) is 9.42. The van der Waals surface area contributed by atoms with E-state index in [-0.39, 0.29) is 0 Å². The van der Waals surface area contributed by atoms with Gasteiger partial charge in [-0.2, -0.15) is 5.10 Å². The molecule has 1 aromatic heterocycles. The molecule has 1 N–H and O–H groups in total. The van der Waals surface area contributed by atoms with Gasteiger partial charge in [-0.15, -0.1) is 0 Å². The zero-order valence-corrected chi connectivity index (χ0v) is 11.0. The molecule has 16 heavy (non-hydrogen) atoms. The Morgan fingerprint density at radius 1 is 1.38 bits per heavy atom. The van der Waals surface area contributed by atoms with Crippen LogP contribution >= 0.6 is 15.9 Å². The van der Waals surface area contributed by atoms with Gasteiger partial charge >= 0.3 is 0 Å². The van der Waals surface area contributed by atoms with Crippen LogP contribution in [-0.4, -0.2) is 15.2 Å². The van der Waals surface area contributed by atoms with E-state index in [1.165, 1.54) is 5.56 Å². The Morgan fingerprint density at radius 3 is 2.94 bits per heavy atom. The topological polar surface area (TPSA) is 41.6 Å². The molecule has 1 heterocycles. The van der Waals surface area contributed by atoms with Gasteiger partial charge in [-0.05, 0) is 25.5 Å². The lowest BCUT2D eigenvalue weighted by molar-refractivity contribution is 0.841. The molecule has 2 aromatic rings. The van der Waals surface area contributed by atoms with E-state index in [0.29, 0.717) is 0 Å². The molecule has 0 aliphatic carbocycles. The van der Waals surface area contributed by atoms with Gasteiger partial charge in [0.05, 0.1) is 0 Å². The van der Waals surface area contributed by atoms with Crippen LogP contribution in [0.1, 0.15) is 24.7 Å². The molecule has 0 amide bonds. The number of nitrogens with one attached hydrogen (secondary N) is 1. The van der Waals surface area contributed by atoms with E-state index < -0.39 is 0 Å². The maximum atomic E-state index is 4.48. The van der Waals surface area contributed by atoms with Crippen molar-refractivity contribution in [1.29, 1.82) is 0 Å². The van der Waals surface area contributed by atoms with Gasteiger partial charge < -0.3 is 0 Å². The molecule has 0 radical (unpaired) electrons. The highest BCUT2D eigenvalue weighted by Gasteiger charge is 2.09. The first-order valence-electron chi connectivity index (χ1n) is 5.38. The molecule has 0 fully saturated rings. The summed E-state index contributed by atoms with van der Waals surface area (Å²) in [5.74, 6) is 1.71. The average molecular weight is 280 g/mol. The molecule has 0 unspecified atom stereocenters. The fourth-order valence-corrected chi connectivity index (χ4v) is 2.00. The SMILES string of the molecule is CCCc1nc(-c2cc(C)ccc2Br)n[nH]1. The minimum atomic E-state index is 0.763. The van der Waals surface area contributed by atoms with Crippen molar-refractivity contribution in [3.05, 3.63) is 34.1 Å². The van der Waals surface area contributed by atoms with E-state index in [2.05, 4.69) is 57.1 Å². The number of nitrogens with zero attached hydrogens (tertiary/aromatic N) is 2. The molecular formula is C12H14BrN3. The summed E-state index contributed by atoms with van der Waals surface area (Å²) in [4.78, 5) is 4.48. The van der Waals surface area contributed by atoms with Crippen molar-refractivity contribution in [1.82, 2.24) is 15.2 Å². The number of benzene rings is 1. The summed E-state index contributed by atoms with van der Waals surface area (Å²) < 4.78 is 1.03. The van der Waals surface area contributed by atoms with E-state index >= 15 is 0 Å². The number of hydrogen-bond acceptors (Lipinski definition) is 2. The number of H-pyrrole nitrogens is 1. The molecule has 1 aromatic carbocycles. The monoisotopic (exact) mass is 279 g/mol. The number of aryl methyl sites for hydroxylation is 2. The molecule has 0 bridgehead atoms. The Balaban J connectivity index is 2.38. The van der Waals surface area contributed by atoms with E-state index in [4.69, 9.17) is 0 Å². The number of aromatic nitrogens is 3. The highest BCUT2D eigenvalue weighted by Crippen LogP contribution is 2.26. The second-order valence-electron chi connectivity index (χ2n) is 3.84. The first-order chi connectivity index (χ1) is 7.70. The molecule has 0 saturated heterocycles. The van der Waals surface area contributed by atoms with Crippen molar-refractivity contribution < 1.29 is 0 Å². The second kappa shape index (κ2) is 4.78. The zero-order chi connectivity index (χ0) is 11.5. The average Bonchev–Trinajstić information content (AvgIpc) is 2.71. The van der Waals surface area contributed by atoms with Crippen molar-refractivity contribution >= 4 is 15.9 Å². The Hall–Kier alpha value is -1.16. The summed E-state index contributed by atoms with van der Waals surface area (Å²) in [6, 6.07) is 6.18. The van der Waals surface area contributed by atoms with Crippen LogP contribution in [0.4, 0.5) is 0 Å². The fraction of sp³-hybridized carbons (Fsp3) is 0.333. The minimum Gasteiger partial charge on any atom is -0.263 e. The highest BCUT2D eigenvalue weighted by atomic mass is 79.9. The maximum Gasteiger partial charge on any atom is 0.182 e. The molecule has 2 rings (SSSR count). The molecular weight excluding hydrogens is 266 g/mol. The predicted octanol–water partition coefficient (Wildman–Crippen LogP) is 3.50. The van der Waals surface area contributed by atoms with E-state index in [0.717, 1.165) is 34.5 Å². The van der Waals surface area contributed by atoms with E-state index in [1.807, 2.05) is 6.07 Å². The van der Waals surface area contributed by atoms with Crippen LogP contribution in [0.5, 0.6) is 0 Å². The Kier molecular flexibility index (Phi) is 3.39. The summed E-state index contributed by atoms with van der Waals surface area (Å²) in [5.41, 5.74) is 2.25. The van der Waals surface area contributed by atoms with Crippen LogP contribution in [0.15, 0.2) is 22.7 Å².